The summed E-state index contributed by atoms with van der Waals surface area (Å²) in [4.78, 5) is 23.5. The number of nitrogens with zero attached hydrogens (tertiary/aromatic N) is 1. The number of hydrogen-bond donors (Lipinski definition) is 2. The molecular formula is C12H14F2N2O4. The number of benzene rings is 1. The summed E-state index contributed by atoms with van der Waals surface area (Å²) in [7, 11) is 2.56. The van der Waals surface area contributed by atoms with Gasteiger partial charge in [0.05, 0.1) is 24.9 Å². The zero-order valence-corrected chi connectivity index (χ0v) is 10.9. The van der Waals surface area contributed by atoms with E-state index in [9.17, 15) is 18.4 Å². The number of nitrogens with one attached hydrogen (secondary N) is 1. The minimum Gasteiger partial charge on any atom is -0.497 e. The van der Waals surface area contributed by atoms with Crippen molar-refractivity contribution in [3.8, 4) is 5.75 Å². The van der Waals surface area contributed by atoms with Crippen molar-refractivity contribution in [3.63, 3.8) is 0 Å². The van der Waals surface area contributed by atoms with Crippen molar-refractivity contribution in [1.29, 1.82) is 0 Å². The molecule has 0 bridgehead atoms. The summed E-state index contributed by atoms with van der Waals surface area (Å²) in [6.07, 6.45) is -2.67. The molecule has 6 nitrogen and oxygen atoms in total. The van der Waals surface area contributed by atoms with Gasteiger partial charge in [-0.25, -0.2) is 18.4 Å². The van der Waals surface area contributed by atoms with Crippen LogP contribution in [-0.4, -0.2) is 49.1 Å². The van der Waals surface area contributed by atoms with Crippen LogP contribution in [0.15, 0.2) is 18.2 Å². The summed E-state index contributed by atoms with van der Waals surface area (Å²) in [5.74, 6) is -0.961. The van der Waals surface area contributed by atoms with Crippen molar-refractivity contribution < 1.29 is 28.2 Å². The van der Waals surface area contributed by atoms with E-state index in [4.69, 9.17) is 9.84 Å². The average Bonchev–Trinajstić information content (AvgIpc) is 2.37. The Balaban J connectivity index is 2.91. The Hall–Kier alpha value is -2.38. The van der Waals surface area contributed by atoms with Gasteiger partial charge < -0.3 is 20.1 Å². The Kier molecular flexibility index (Phi) is 5.24. The van der Waals surface area contributed by atoms with Crippen LogP contribution in [0.2, 0.25) is 0 Å². The van der Waals surface area contributed by atoms with Crippen molar-refractivity contribution in [3.05, 3.63) is 23.8 Å². The van der Waals surface area contributed by atoms with Crippen molar-refractivity contribution in [2.24, 2.45) is 0 Å². The summed E-state index contributed by atoms with van der Waals surface area (Å²) in [6.45, 7) is -0.746. The van der Waals surface area contributed by atoms with Gasteiger partial charge in [-0.15, -0.1) is 0 Å². The lowest BCUT2D eigenvalue weighted by Crippen LogP contribution is -2.35. The Morgan fingerprint density at radius 1 is 1.45 bits per heavy atom. The van der Waals surface area contributed by atoms with Gasteiger partial charge in [-0.2, -0.15) is 0 Å². The average molecular weight is 288 g/mol. The molecule has 0 aliphatic carbocycles. The molecule has 0 saturated carbocycles. The molecule has 2 N–H and O–H groups in total. The number of hydrogen-bond acceptors (Lipinski definition) is 3. The maximum absolute atomic E-state index is 12.2. The van der Waals surface area contributed by atoms with E-state index in [1.165, 1.54) is 32.4 Å². The van der Waals surface area contributed by atoms with E-state index in [1.807, 2.05) is 0 Å². The molecule has 8 heteroatoms. The highest BCUT2D eigenvalue weighted by Crippen LogP contribution is 2.22. The number of methoxy groups -OCH3 is 1. The molecule has 20 heavy (non-hydrogen) atoms. The molecule has 0 spiro atoms. The van der Waals surface area contributed by atoms with Crippen molar-refractivity contribution in [2.75, 3.05) is 26.0 Å². The maximum Gasteiger partial charge on any atom is 0.337 e. The van der Waals surface area contributed by atoms with Gasteiger partial charge in [0, 0.05) is 7.05 Å². The lowest BCUT2D eigenvalue weighted by Gasteiger charge is -2.18. The van der Waals surface area contributed by atoms with Gasteiger partial charge in [-0.05, 0) is 18.2 Å². The van der Waals surface area contributed by atoms with Gasteiger partial charge in [-0.3, -0.25) is 0 Å². The highest BCUT2D eigenvalue weighted by molar-refractivity contribution is 6.00. The molecule has 1 aromatic rings. The third-order valence-corrected chi connectivity index (χ3v) is 2.46. The van der Waals surface area contributed by atoms with Crippen molar-refractivity contribution >= 4 is 17.7 Å². The third-order valence-electron chi connectivity index (χ3n) is 2.46. The maximum atomic E-state index is 12.2. The van der Waals surface area contributed by atoms with E-state index in [1.54, 1.807) is 0 Å². The van der Waals surface area contributed by atoms with E-state index in [0.29, 0.717) is 5.75 Å². The first kappa shape index (κ1) is 15.7. The molecule has 0 unspecified atom stereocenters. The zero-order chi connectivity index (χ0) is 15.3. The number of carbonyl (C=O) groups excluding carboxylic acids is 1. The molecule has 110 valence electrons. The number of rotatable bonds is 5. The van der Waals surface area contributed by atoms with Gasteiger partial charge in [0.1, 0.15) is 5.75 Å². The molecule has 0 radical (unpaired) electrons. The number of carboxylic acids is 1. The van der Waals surface area contributed by atoms with Crippen molar-refractivity contribution in [2.45, 2.75) is 6.43 Å². The number of halogens is 2. The quantitative estimate of drug-likeness (QED) is 0.870. The van der Waals surface area contributed by atoms with E-state index in [2.05, 4.69) is 5.32 Å². The Morgan fingerprint density at radius 2 is 2.10 bits per heavy atom. The normalized spacial score (nSPS) is 10.2. The van der Waals surface area contributed by atoms with E-state index in [0.717, 1.165) is 4.90 Å². The molecule has 0 fully saturated rings. The Labute approximate surface area is 113 Å². The number of anilines is 1. The second-order valence-corrected chi connectivity index (χ2v) is 3.92. The zero-order valence-electron chi connectivity index (χ0n) is 10.9. The molecular weight excluding hydrogens is 274 g/mol. The van der Waals surface area contributed by atoms with Crippen LogP contribution in [0.1, 0.15) is 10.4 Å². The third kappa shape index (κ3) is 4.08. The smallest absolute Gasteiger partial charge is 0.337 e. The van der Waals surface area contributed by atoms with E-state index < -0.39 is 25.0 Å². The highest BCUT2D eigenvalue weighted by Gasteiger charge is 2.17. The van der Waals surface area contributed by atoms with E-state index in [-0.39, 0.29) is 11.3 Å². The van der Waals surface area contributed by atoms with Crippen LogP contribution in [0.25, 0.3) is 0 Å². The standard InChI is InChI=1S/C12H14F2N2O4/c1-16(6-10(13)14)12(19)15-9-4-3-7(20-2)5-8(9)11(17)18/h3-5,10H,6H2,1-2H3,(H,15,19)(H,17,18). The van der Waals surface area contributed by atoms with Gasteiger partial charge in [0.2, 0.25) is 0 Å². The predicted molar refractivity (Wildman–Crippen MR) is 67.6 cm³/mol. The minimum atomic E-state index is -2.67. The van der Waals surface area contributed by atoms with Crippen LogP contribution in [0.3, 0.4) is 0 Å². The van der Waals surface area contributed by atoms with Gasteiger partial charge in [0.25, 0.3) is 6.43 Å². The van der Waals surface area contributed by atoms with Crippen LogP contribution in [0.5, 0.6) is 5.75 Å². The molecule has 0 saturated heterocycles. The van der Waals surface area contributed by atoms with Gasteiger partial charge in [-0.1, -0.05) is 0 Å². The van der Waals surface area contributed by atoms with Crippen LogP contribution in [-0.2, 0) is 0 Å². The molecule has 0 heterocycles. The topological polar surface area (TPSA) is 78.9 Å². The van der Waals surface area contributed by atoms with Crippen LogP contribution in [0, 0.1) is 0 Å². The number of amides is 2. The van der Waals surface area contributed by atoms with Crippen LogP contribution < -0.4 is 10.1 Å². The summed E-state index contributed by atoms with van der Waals surface area (Å²) in [5.41, 5.74) is -0.187. The first-order valence-corrected chi connectivity index (χ1v) is 5.56. The molecule has 0 aliphatic rings. The SMILES string of the molecule is COc1ccc(NC(=O)N(C)CC(F)F)c(C(=O)O)c1. The summed E-state index contributed by atoms with van der Waals surface area (Å²) < 4.78 is 29.2. The monoisotopic (exact) mass is 288 g/mol. The first-order chi connectivity index (χ1) is 9.35. The minimum absolute atomic E-state index is 0.00409. The molecule has 1 aromatic carbocycles. The molecule has 2 amide bonds. The number of aromatic carboxylic acids is 1. The van der Waals surface area contributed by atoms with E-state index >= 15 is 0 Å². The fraction of sp³-hybridized carbons (Fsp3) is 0.333. The number of carbonyl (C=O) groups is 2. The summed E-state index contributed by atoms with van der Waals surface area (Å²) in [5, 5.41) is 11.3. The largest absolute Gasteiger partial charge is 0.497 e. The number of ether oxygens (including phenoxy) is 1. The molecule has 0 aliphatic heterocycles. The second-order valence-electron chi connectivity index (χ2n) is 3.92. The number of urea groups is 1. The highest BCUT2D eigenvalue weighted by atomic mass is 19.3. The Morgan fingerprint density at radius 3 is 2.60 bits per heavy atom. The Bertz CT molecular complexity index is 508. The van der Waals surface area contributed by atoms with Gasteiger partial charge in [0.15, 0.2) is 0 Å². The first-order valence-electron chi connectivity index (χ1n) is 5.56. The van der Waals surface area contributed by atoms with Crippen LogP contribution >= 0.6 is 0 Å². The summed E-state index contributed by atoms with van der Waals surface area (Å²) >= 11 is 0. The van der Waals surface area contributed by atoms with Gasteiger partial charge >= 0.3 is 12.0 Å². The van der Waals surface area contributed by atoms with Crippen molar-refractivity contribution in [1.82, 2.24) is 4.90 Å². The molecule has 1 rings (SSSR count). The lowest BCUT2D eigenvalue weighted by molar-refractivity contribution is 0.0697. The lowest BCUT2D eigenvalue weighted by atomic mass is 10.1. The molecule has 0 aromatic heterocycles. The predicted octanol–water partition coefficient (Wildman–Crippen LogP) is 2.12. The van der Waals surface area contributed by atoms with Crippen LogP contribution in [0.4, 0.5) is 19.3 Å². The second kappa shape index (κ2) is 6.69. The summed E-state index contributed by atoms with van der Waals surface area (Å²) in [6, 6.07) is 3.19. The number of alkyl halides is 2. The number of carboxylic acid groups (broad SMARTS) is 1. The fourth-order valence-corrected chi connectivity index (χ4v) is 1.44. The molecule has 0 atom stereocenters. The fourth-order valence-electron chi connectivity index (χ4n) is 1.44.